The van der Waals surface area contributed by atoms with Crippen LogP contribution in [-0.2, 0) is 10.2 Å². The molecule has 4 heteroatoms. The summed E-state index contributed by atoms with van der Waals surface area (Å²) in [4.78, 5) is 17.4. The van der Waals surface area contributed by atoms with Crippen LogP contribution in [0.4, 0.5) is 5.69 Å². The van der Waals surface area contributed by atoms with Crippen LogP contribution in [0.2, 0.25) is 0 Å². The largest absolute Gasteiger partial charge is 0.381 e. The van der Waals surface area contributed by atoms with Crippen LogP contribution in [0, 0.1) is 5.92 Å². The molecule has 4 nitrogen and oxygen atoms in total. The van der Waals surface area contributed by atoms with Gasteiger partial charge in [0, 0.05) is 42.8 Å². The van der Waals surface area contributed by atoms with E-state index < -0.39 is 0 Å². The zero-order valence-corrected chi connectivity index (χ0v) is 16.7. The number of hydrogen-bond donors (Lipinski definition) is 1. The lowest BCUT2D eigenvalue weighted by Gasteiger charge is -2.47. The number of amides is 1. The molecule has 0 saturated heterocycles. The van der Waals surface area contributed by atoms with Crippen molar-refractivity contribution in [3.05, 3.63) is 35.4 Å². The maximum Gasteiger partial charge on any atom is 0.230 e. The summed E-state index contributed by atoms with van der Waals surface area (Å²) >= 11 is 0. The molecular formula is C22H31N3O. The minimum Gasteiger partial charge on any atom is -0.381 e. The second-order valence-corrected chi connectivity index (χ2v) is 8.41. The van der Waals surface area contributed by atoms with Crippen LogP contribution in [0.5, 0.6) is 0 Å². The van der Waals surface area contributed by atoms with Crippen LogP contribution in [0.1, 0.15) is 45.2 Å². The van der Waals surface area contributed by atoms with Gasteiger partial charge in [-0.15, -0.1) is 0 Å². The van der Waals surface area contributed by atoms with Gasteiger partial charge >= 0.3 is 0 Å². The minimum atomic E-state index is -0.0434. The lowest BCUT2D eigenvalue weighted by molar-refractivity contribution is -0.134. The van der Waals surface area contributed by atoms with Gasteiger partial charge in [0.1, 0.15) is 0 Å². The molecule has 4 rings (SSSR count). The fourth-order valence-electron chi connectivity index (χ4n) is 5.33. The Labute approximate surface area is 157 Å². The van der Waals surface area contributed by atoms with Crippen molar-refractivity contribution in [3.8, 4) is 0 Å². The summed E-state index contributed by atoms with van der Waals surface area (Å²) in [5.74, 6) is 0.221. The van der Waals surface area contributed by atoms with Gasteiger partial charge in [0.25, 0.3) is 0 Å². The first kappa shape index (κ1) is 17.6. The molecule has 0 aromatic heterocycles. The van der Waals surface area contributed by atoms with Crippen molar-refractivity contribution in [1.29, 1.82) is 0 Å². The van der Waals surface area contributed by atoms with E-state index in [0.29, 0.717) is 12.1 Å². The highest BCUT2D eigenvalue weighted by Gasteiger charge is 2.50. The van der Waals surface area contributed by atoms with Gasteiger partial charge < -0.3 is 10.2 Å². The molecule has 26 heavy (non-hydrogen) atoms. The Morgan fingerprint density at radius 1 is 1.35 bits per heavy atom. The third-order valence-corrected chi connectivity index (χ3v) is 7.04. The molecule has 0 spiro atoms. The fraction of sp³-hybridized carbons (Fsp3) is 0.591. The summed E-state index contributed by atoms with van der Waals surface area (Å²) < 4.78 is 0. The van der Waals surface area contributed by atoms with E-state index in [9.17, 15) is 4.79 Å². The van der Waals surface area contributed by atoms with Crippen LogP contribution in [0.25, 0.3) is 5.57 Å². The lowest BCUT2D eigenvalue weighted by Crippen LogP contribution is -2.51. The molecule has 0 saturated carbocycles. The summed E-state index contributed by atoms with van der Waals surface area (Å²) in [6.45, 7) is 11.2. The van der Waals surface area contributed by atoms with Gasteiger partial charge in [0.2, 0.25) is 5.91 Å². The van der Waals surface area contributed by atoms with E-state index in [1.807, 2.05) is 4.90 Å². The average molecular weight is 354 g/mol. The number of hydrogen-bond acceptors (Lipinski definition) is 3. The maximum atomic E-state index is 13.0. The van der Waals surface area contributed by atoms with E-state index in [2.05, 4.69) is 69.2 Å². The first-order valence-corrected chi connectivity index (χ1v) is 10.0. The van der Waals surface area contributed by atoms with E-state index in [1.54, 1.807) is 0 Å². The van der Waals surface area contributed by atoms with Crippen LogP contribution in [0.3, 0.4) is 0 Å². The zero-order valence-electron chi connectivity index (χ0n) is 16.7. The lowest BCUT2D eigenvalue weighted by atomic mass is 9.64. The minimum absolute atomic E-state index is 0.0434. The molecule has 140 valence electrons. The SMILES string of the molecule is CCN(CC)C(=O)C1C=C2c3cccc4c3[C@](C)(CC2N(C)C1)C(C)N4. The quantitative estimate of drug-likeness (QED) is 0.905. The number of likely N-dealkylation sites (N-methyl/N-ethyl adjacent to an activating group) is 1. The Hall–Kier alpha value is -1.81. The third-order valence-electron chi connectivity index (χ3n) is 7.04. The molecule has 1 aromatic rings. The number of benzene rings is 1. The zero-order chi connectivity index (χ0) is 18.6. The smallest absolute Gasteiger partial charge is 0.230 e. The molecule has 2 aliphatic heterocycles. The first-order chi connectivity index (χ1) is 12.4. The number of nitrogens with zero attached hydrogens (tertiary/aromatic N) is 2. The number of nitrogens with one attached hydrogen (secondary N) is 1. The van der Waals surface area contributed by atoms with Crippen molar-refractivity contribution in [1.82, 2.24) is 9.80 Å². The molecule has 0 bridgehead atoms. The highest BCUT2D eigenvalue weighted by atomic mass is 16.2. The number of anilines is 1. The maximum absolute atomic E-state index is 13.0. The van der Waals surface area contributed by atoms with E-state index in [1.165, 1.54) is 22.4 Å². The van der Waals surface area contributed by atoms with Gasteiger partial charge in [0.05, 0.1) is 5.92 Å². The predicted octanol–water partition coefficient (Wildman–Crippen LogP) is 3.34. The Morgan fingerprint density at radius 2 is 2.08 bits per heavy atom. The normalized spacial score (nSPS) is 32.3. The molecule has 3 unspecified atom stereocenters. The Morgan fingerprint density at radius 3 is 2.77 bits per heavy atom. The highest BCUT2D eigenvalue weighted by molar-refractivity contribution is 5.88. The third kappa shape index (κ3) is 2.34. The molecule has 1 aromatic carbocycles. The molecule has 4 atom stereocenters. The Kier molecular flexibility index (Phi) is 4.14. The van der Waals surface area contributed by atoms with Crippen LogP contribution >= 0.6 is 0 Å². The van der Waals surface area contributed by atoms with Crippen molar-refractivity contribution < 1.29 is 4.79 Å². The Bertz CT molecular complexity index is 767. The van der Waals surface area contributed by atoms with Gasteiger partial charge in [0.15, 0.2) is 0 Å². The van der Waals surface area contributed by atoms with Crippen molar-refractivity contribution in [2.75, 3.05) is 32.0 Å². The van der Waals surface area contributed by atoms with E-state index in [4.69, 9.17) is 0 Å². The van der Waals surface area contributed by atoms with Crippen molar-refractivity contribution in [3.63, 3.8) is 0 Å². The van der Waals surface area contributed by atoms with E-state index >= 15 is 0 Å². The molecular weight excluding hydrogens is 322 g/mol. The molecule has 3 aliphatic rings. The summed E-state index contributed by atoms with van der Waals surface area (Å²) in [6.07, 6.45) is 3.39. The standard InChI is InChI=1S/C22H31N3O/c1-6-25(7-2)21(26)15-11-17-16-9-8-10-18-20(16)22(4,14(3)23-18)12-19(17)24(5)13-15/h8-11,14-15,19,23H,6-7,12-13H2,1-5H3/t14?,15?,19?,22-/m1/s1. The number of carbonyl (C=O) groups excluding carboxylic acids is 1. The number of fused-ring (bicyclic) bond motifs is 2. The summed E-state index contributed by atoms with van der Waals surface area (Å²) in [5, 5.41) is 3.69. The van der Waals surface area contributed by atoms with E-state index in [0.717, 1.165) is 26.1 Å². The summed E-state index contributed by atoms with van der Waals surface area (Å²) in [6, 6.07) is 7.44. The van der Waals surface area contributed by atoms with Gasteiger partial charge in [-0.1, -0.05) is 25.1 Å². The van der Waals surface area contributed by atoms with Gasteiger partial charge in [-0.2, -0.15) is 0 Å². The second kappa shape index (κ2) is 6.12. The number of rotatable bonds is 3. The second-order valence-electron chi connectivity index (χ2n) is 8.41. The first-order valence-electron chi connectivity index (χ1n) is 10.0. The monoisotopic (exact) mass is 353 g/mol. The Balaban J connectivity index is 1.81. The topological polar surface area (TPSA) is 35.6 Å². The van der Waals surface area contributed by atoms with Crippen LogP contribution < -0.4 is 5.32 Å². The van der Waals surface area contributed by atoms with Crippen molar-refractivity contribution in [2.45, 2.75) is 51.6 Å². The van der Waals surface area contributed by atoms with E-state index in [-0.39, 0.29) is 17.2 Å². The summed E-state index contributed by atoms with van der Waals surface area (Å²) in [7, 11) is 2.19. The molecule has 1 N–H and O–H groups in total. The number of carbonyl (C=O) groups is 1. The molecule has 2 heterocycles. The average Bonchev–Trinajstić information content (AvgIpc) is 2.88. The van der Waals surface area contributed by atoms with Crippen molar-refractivity contribution in [2.24, 2.45) is 5.92 Å². The van der Waals surface area contributed by atoms with Crippen LogP contribution in [-0.4, -0.2) is 54.5 Å². The molecule has 0 radical (unpaired) electrons. The molecule has 1 amide bonds. The molecule has 0 fully saturated rings. The fourth-order valence-corrected chi connectivity index (χ4v) is 5.33. The highest BCUT2D eigenvalue weighted by Crippen LogP contribution is 2.54. The van der Waals surface area contributed by atoms with Gasteiger partial charge in [-0.25, -0.2) is 0 Å². The van der Waals surface area contributed by atoms with Gasteiger partial charge in [-0.3, -0.25) is 9.69 Å². The summed E-state index contributed by atoms with van der Waals surface area (Å²) in [5.41, 5.74) is 5.59. The predicted molar refractivity (Wildman–Crippen MR) is 107 cm³/mol. The molecule has 1 aliphatic carbocycles. The van der Waals surface area contributed by atoms with Gasteiger partial charge in [-0.05, 0) is 57.0 Å². The van der Waals surface area contributed by atoms with Crippen molar-refractivity contribution >= 4 is 17.2 Å². The van der Waals surface area contributed by atoms with Crippen LogP contribution in [0.15, 0.2) is 24.3 Å².